The first kappa shape index (κ1) is 12.4. The van der Waals surface area contributed by atoms with Gasteiger partial charge in [0.25, 0.3) is 5.95 Å². The van der Waals surface area contributed by atoms with Gasteiger partial charge in [0.05, 0.1) is 0 Å². The van der Waals surface area contributed by atoms with Crippen LogP contribution < -0.4 is 0 Å². The quantitative estimate of drug-likeness (QED) is 0.603. The summed E-state index contributed by atoms with van der Waals surface area (Å²) >= 11 is 0. The van der Waals surface area contributed by atoms with Crippen LogP contribution in [-0.4, -0.2) is 16.0 Å². The molecule has 0 aromatic heterocycles. The molecule has 1 nitrogen and oxygen atoms in total. The number of rotatable bonds is 1. The molecule has 1 rings (SSSR count). The van der Waals surface area contributed by atoms with Crippen molar-refractivity contribution in [3.63, 3.8) is 0 Å². The minimum Gasteiger partial charge on any atom is -0.334 e. The van der Waals surface area contributed by atoms with Crippen LogP contribution in [0.3, 0.4) is 0 Å². The first-order chi connectivity index (χ1) is 6.68. The Bertz CT molecular complexity index is 262. The zero-order valence-electron chi connectivity index (χ0n) is 9.70. The topological polar surface area (TPSA) is 3.24 Å². The van der Waals surface area contributed by atoms with Crippen molar-refractivity contribution >= 4 is 0 Å². The van der Waals surface area contributed by atoms with Crippen molar-refractivity contribution in [3.8, 4) is 0 Å². The van der Waals surface area contributed by atoms with Gasteiger partial charge < -0.3 is 4.90 Å². The second kappa shape index (κ2) is 3.72. The molecule has 0 atom stereocenters. The first-order valence-corrected chi connectivity index (χ1v) is 5.19. The minimum absolute atomic E-state index is 0.546. The SMILES string of the molecule is CC1(C)CCCC(C)(C)N1C(F)=C(F)F. The highest BCUT2D eigenvalue weighted by molar-refractivity contribution is 5.07. The largest absolute Gasteiger partial charge is 0.334 e. The highest BCUT2D eigenvalue weighted by atomic mass is 19.3. The maximum atomic E-state index is 13.5. The first-order valence-electron chi connectivity index (χ1n) is 5.19. The van der Waals surface area contributed by atoms with Crippen molar-refractivity contribution in [2.24, 2.45) is 0 Å². The van der Waals surface area contributed by atoms with Gasteiger partial charge in [0.15, 0.2) is 0 Å². The Hall–Kier alpha value is -0.670. The number of hydrogen-bond acceptors (Lipinski definition) is 1. The average Bonchev–Trinajstić information content (AvgIpc) is 1.99. The number of halogens is 3. The Labute approximate surface area is 88.9 Å². The molecule has 0 aromatic rings. The van der Waals surface area contributed by atoms with E-state index in [0.29, 0.717) is 0 Å². The molecule has 0 amide bonds. The molecular weight excluding hydrogens is 203 g/mol. The standard InChI is InChI=1S/C11H18F3N/c1-10(2)6-5-7-11(3,4)15(10)9(14)8(12)13/h5-7H2,1-4H3. The molecule has 15 heavy (non-hydrogen) atoms. The summed E-state index contributed by atoms with van der Waals surface area (Å²) in [6.45, 7) is 7.21. The van der Waals surface area contributed by atoms with Crippen LogP contribution in [0, 0.1) is 0 Å². The molecule has 88 valence electrons. The van der Waals surface area contributed by atoms with E-state index >= 15 is 0 Å². The Morgan fingerprint density at radius 3 is 1.67 bits per heavy atom. The van der Waals surface area contributed by atoms with Crippen LogP contribution in [0.5, 0.6) is 0 Å². The van der Waals surface area contributed by atoms with E-state index in [0.717, 1.165) is 19.3 Å². The van der Waals surface area contributed by atoms with Gasteiger partial charge in [0, 0.05) is 11.1 Å². The monoisotopic (exact) mass is 221 g/mol. The third-order valence-electron chi connectivity index (χ3n) is 3.14. The lowest BCUT2D eigenvalue weighted by Crippen LogP contribution is -2.57. The molecular formula is C11H18F3N. The van der Waals surface area contributed by atoms with Crippen LogP contribution >= 0.6 is 0 Å². The van der Waals surface area contributed by atoms with E-state index in [1.54, 1.807) is 27.7 Å². The van der Waals surface area contributed by atoms with E-state index in [9.17, 15) is 13.2 Å². The fourth-order valence-electron chi connectivity index (χ4n) is 2.61. The van der Waals surface area contributed by atoms with Crippen molar-refractivity contribution in [1.29, 1.82) is 0 Å². The average molecular weight is 221 g/mol. The zero-order chi connectivity index (χ0) is 11.9. The second-order valence-electron chi connectivity index (χ2n) is 5.37. The Morgan fingerprint density at radius 1 is 0.933 bits per heavy atom. The number of nitrogens with zero attached hydrogens (tertiary/aromatic N) is 1. The molecule has 1 aliphatic heterocycles. The number of hydrogen-bond donors (Lipinski definition) is 0. The highest BCUT2D eigenvalue weighted by Crippen LogP contribution is 2.42. The molecule has 0 N–H and O–H groups in total. The Balaban J connectivity index is 3.13. The van der Waals surface area contributed by atoms with Gasteiger partial charge in [-0.2, -0.15) is 13.2 Å². The van der Waals surface area contributed by atoms with E-state index in [2.05, 4.69) is 0 Å². The maximum Gasteiger partial charge on any atom is 0.322 e. The lowest BCUT2D eigenvalue weighted by Gasteiger charge is -2.52. The molecule has 1 fully saturated rings. The van der Waals surface area contributed by atoms with Crippen molar-refractivity contribution in [1.82, 2.24) is 4.90 Å². The van der Waals surface area contributed by atoms with Crippen molar-refractivity contribution in [3.05, 3.63) is 12.0 Å². The van der Waals surface area contributed by atoms with Crippen LogP contribution in [0.15, 0.2) is 12.0 Å². The molecule has 0 bridgehead atoms. The van der Waals surface area contributed by atoms with Gasteiger partial charge in [-0.1, -0.05) is 0 Å². The fraction of sp³-hybridized carbons (Fsp3) is 0.818. The molecule has 1 aliphatic rings. The summed E-state index contributed by atoms with van der Waals surface area (Å²) in [5, 5.41) is 0. The maximum absolute atomic E-state index is 13.5. The summed E-state index contributed by atoms with van der Waals surface area (Å²) in [5.41, 5.74) is -1.09. The highest BCUT2D eigenvalue weighted by Gasteiger charge is 2.44. The van der Waals surface area contributed by atoms with Crippen LogP contribution in [-0.2, 0) is 0 Å². The number of likely N-dealkylation sites (tertiary alicyclic amines) is 1. The molecule has 0 aliphatic carbocycles. The molecule has 0 unspecified atom stereocenters. The zero-order valence-corrected chi connectivity index (χ0v) is 9.70. The van der Waals surface area contributed by atoms with Crippen LogP contribution in [0.1, 0.15) is 47.0 Å². The van der Waals surface area contributed by atoms with Gasteiger partial charge in [0.2, 0.25) is 0 Å². The van der Waals surface area contributed by atoms with Gasteiger partial charge in [-0.3, -0.25) is 0 Å². The minimum atomic E-state index is -2.22. The van der Waals surface area contributed by atoms with Crippen LogP contribution in [0.25, 0.3) is 0 Å². The molecule has 1 saturated heterocycles. The van der Waals surface area contributed by atoms with Crippen molar-refractivity contribution in [2.45, 2.75) is 58.0 Å². The lowest BCUT2D eigenvalue weighted by atomic mass is 9.80. The summed E-state index contributed by atoms with van der Waals surface area (Å²) in [6, 6.07) is 0. The fourth-order valence-corrected chi connectivity index (χ4v) is 2.61. The molecule has 0 aromatic carbocycles. The lowest BCUT2D eigenvalue weighted by molar-refractivity contribution is -0.0224. The summed E-state index contributed by atoms with van der Waals surface area (Å²) < 4.78 is 38.2. The van der Waals surface area contributed by atoms with Gasteiger partial charge in [-0.25, -0.2) is 0 Å². The van der Waals surface area contributed by atoms with Crippen LogP contribution in [0.2, 0.25) is 0 Å². The molecule has 0 spiro atoms. The third kappa shape index (κ3) is 2.29. The summed E-state index contributed by atoms with van der Waals surface area (Å²) in [6.07, 6.45) is 0.185. The smallest absolute Gasteiger partial charge is 0.322 e. The van der Waals surface area contributed by atoms with E-state index in [4.69, 9.17) is 0 Å². The van der Waals surface area contributed by atoms with Crippen molar-refractivity contribution in [2.75, 3.05) is 0 Å². The predicted octanol–water partition coefficient (Wildman–Crippen LogP) is 4.06. The number of piperidine rings is 1. The Kier molecular flexibility index (Phi) is 3.08. The third-order valence-corrected chi connectivity index (χ3v) is 3.14. The van der Waals surface area contributed by atoms with E-state index < -0.39 is 23.1 Å². The van der Waals surface area contributed by atoms with Gasteiger partial charge in [-0.05, 0) is 47.0 Å². The van der Waals surface area contributed by atoms with Gasteiger partial charge in [-0.15, -0.1) is 0 Å². The molecule has 1 heterocycles. The molecule has 4 heteroatoms. The van der Waals surface area contributed by atoms with Gasteiger partial charge in [0.1, 0.15) is 0 Å². The summed E-state index contributed by atoms with van der Waals surface area (Å²) in [5.74, 6) is -1.37. The molecule has 0 radical (unpaired) electrons. The predicted molar refractivity (Wildman–Crippen MR) is 54.2 cm³/mol. The normalized spacial score (nSPS) is 23.8. The summed E-state index contributed by atoms with van der Waals surface area (Å²) in [4.78, 5) is 1.22. The van der Waals surface area contributed by atoms with Gasteiger partial charge >= 0.3 is 6.08 Å². The second-order valence-corrected chi connectivity index (χ2v) is 5.37. The van der Waals surface area contributed by atoms with E-state index in [1.165, 1.54) is 4.90 Å². The van der Waals surface area contributed by atoms with Crippen LogP contribution in [0.4, 0.5) is 13.2 Å². The molecule has 0 saturated carbocycles. The van der Waals surface area contributed by atoms with Crippen molar-refractivity contribution < 1.29 is 13.2 Å². The van der Waals surface area contributed by atoms with E-state index in [1.807, 2.05) is 0 Å². The van der Waals surface area contributed by atoms with E-state index in [-0.39, 0.29) is 0 Å². The summed E-state index contributed by atoms with van der Waals surface area (Å²) in [7, 11) is 0. The Morgan fingerprint density at radius 2 is 1.33 bits per heavy atom.